The van der Waals surface area contributed by atoms with Crippen LogP contribution in [0, 0.1) is 5.92 Å². The van der Waals surface area contributed by atoms with Crippen LogP contribution in [0.3, 0.4) is 0 Å². The zero-order valence-corrected chi connectivity index (χ0v) is 14.1. The highest BCUT2D eigenvalue weighted by Gasteiger charge is 2.55. The number of nitrogens with two attached hydrogens (primary N) is 1. The fourth-order valence-electron chi connectivity index (χ4n) is 4.82. The van der Waals surface area contributed by atoms with Crippen molar-refractivity contribution in [3.05, 3.63) is 35.4 Å². The molecule has 2 aliphatic rings. The Hall–Kier alpha value is -0.860. The molecule has 3 unspecified atom stereocenters. The van der Waals surface area contributed by atoms with Crippen molar-refractivity contribution in [2.24, 2.45) is 11.7 Å². The summed E-state index contributed by atoms with van der Waals surface area (Å²) < 4.78 is 6.33. The normalized spacial score (nSPS) is 37.2. The zero-order valence-electron chi connectivity index (χ0n) is 14.1. The van der Waals surface area contributed by atoms with Crippen LogP contribution in [0.2, 0.25) is 0 Å². The van der Waals surface area contributed by atoms with E-state index in [9.17, 15) is 0 Å². The smallest absolute Gasteiger partial charge is 0.0683 e. The van der Waals surface area contributed by atoms with E-state index in [4.69, 9.17) is 10.5 Å². The quantitative estimate of drug-likeness (QED) is 0.834. The first-order chi connectivity index (χ1) is 9.66. The van der Waals surface area contributed by atoms with Gasteiger partial charge in [0.2, 0.25) is 0 Å². The molecule has 1 saturated heterocycles. The first-order valence-electron chi connectivity index (χ1n) is 8.24. The van der Waals surface area contributed by atoms with Gasteiger partial charge in [-0.25, -0.2) is 0 Å². The largest absolute Gasteiger partial charge is 0.369 e. The predicted octanol–water partition coefficient (Wildman–Crippen LogP) is 4.33. The molecule has 116 valence electrons. The molecule has 0 bridgehead atoms. The molecule has 2 heteroatoms. The van der Waals surface area contributed by atoms with Crippen molar-refractivity contribution < 1.29 is 4.74 Å². The molecular formula is C19H29NO. The fraction of sp³-hybridized carbons (Fsp3) is 0.684. The van der Waals surface area contributed by atoms with Crippen molar-refractivity contribution in [3.8, 4) is 0 Å². The Bertz CT molecular complexity index is 548. The summed E-state index contributed by atoms with van der Waals surface area (Å²) in [6.45, 7) is 11.1. The lowest BCUT2D eigenvalue weighted by Crippen LogP contribution is -2.52. The molecule has 3 rings (SSSR count). The summed E-state index contributed by atoms with van der Waals surface area (Å²) >= 11 is 0. The number of hydrogen-bond acceptors (Lipinski definition) is 2. The van der Waals surface area contributed by atoms with Crippen molar-refractivity contribution >= 4 is 0 Å². The first-order valence-corrected chi connectivity index (χ1v) is 8.24. The maximum absolute atomic E-state index is 7.05. The van der Waals surface area contributed by atoms with Crippen LogP contribution in [-0.2, 0) is 10.3 Å². The number of rotatable bonds is 1. The highest BCUT2D eigenvalue weighted by Crippen LogP contribution is 2.54. The Morgan fingerprint density at radius 3 is 2.43 bits per heavy atom. The van der Waals surface area contributed by atoms with Crippen molar-refractivity contribution in [1.82, 2.24) is 0 Å². The molecule has 3 atom stereocenters. The van der Waals surface area contributed by atoms with Gasteiger partial charge in [-0.1, -0.05) is 31.2 Å². The van der Waals surface area contributed by atoms with Crippen LogP contribution in [0.4, 0.5) is 0 Å². The monoisotopic (exact) mass is 287 g/mol. The van der Waals surface area contributed by atoms with Gasteiger partial charge in [0.25, 0.3) is 0 Å². The average Bonchev–Trinajstić information content (AvgIpc) is 2.63. The second-order valence-electron chi connectivity index (χ2n) is 8.29. The summed E-state index contributed by atoms with van der Waals surface area (Å²) in [5, 5.41) is 0. The molecule has 0 radical (unpaired) electrons. The third-order valence-corrected chi connectivity index (χ3v) is 5.68. The molecule has 0 aromatic heterocycles. The van der Waals surface area contributed by atoms with Gasteiger partial charge in [0.05, 0.1) is 11.2 Å². The summed E-state index contributed by atoms with van der Waals surface area (Å²) in [5.74, 6) is 0.963. The topological polar surface area (TPSA) is 35.2 Å². The van der Waals surface area contributed by atoms with Crippen LogP contribution in [0.1, 0.15) is 70.9 Å². The Balaban J connectivity index is 2.08. The molecule has 0 spiro atoms. The van der Waals surface area contributed by atoms with Gasteiger partial charge in [-0.15, -0.1) is 0 Å². The van der Waals surface area contributed by atoms with Gasteiger partial charge in [-0.05, 0) is 64.0 Å². The number of hydrogen-bond donors (Lipinski definition) is 1. The fourth-order valence-corrected chi connectivity index (χ4v) is 4.82. The third-order valence-electron chi connectivity index (χ3n) is 5.68. The van der Waals surface area contributed by atoms with Gasteiger partial charge in [-0.2, -0.15) is 0 Å². The molecule has 1 aliphatic carbocycles. The molecule has 2 N–H and O–H groups in total. The van der Waals surface area contributed by atoms with E-state index in [-0.39, 0.29) is 16.7 Å². The van der Waals surface area contributed by atoms with E-state index in [0.29, 0.717) is 11.8 Å². The standard InChI is InChI=1S/C19H29NO/c1-13-10-11-19(20,15-9-7-6-8-14(13)15)16-12-17(2,3)21-18(16,4)5/h6-9,13,16H,10-12,20H2,1-5H3. The Morgan fingerprint density at radius 1 is 1.14 bits per heavy atom. The molecule has 0 amide bonds. The van der Waals surface area contributed by atoms with Crippen LogP contribution in [0.25, 0.3) is 0 Å². The van der Waals surface area contributed by atoms with E-state index < -0.39 is 0 Å². The Labute approximate surface area is 129 Å². The van der Waals surface area contributed by atoms with Gasteiger partial charge in [0.15, 0.2) is 0 Å². The molecule has 1 aromatic rings. The van der Waals surface area contributed by atoms with Crippen LogP contribution in [-0.4, -0.2) is 11.2 Å². The highest BCUT2D eigenvalue weighted by molar-refractivity contribution is 5.40. The minimum Gasteiger partial charge on any atom is -0.369 e. The van der Waals surface area contributed by atoms with Gasteiger partial charge >= 0.3 is 0 Å². The van der Waals surface area contributed by atoms with E-state index in [0.717, 1.165) is 12.8 Å². The predicted molar refractivity (Wildman–Crippen MR) is 87.3 cm³/mol. The van der Waals surface area contributed by atoms with E-state index in [1.54, 1.807) is 0 Å². The minimum atomic E-state index is -0.264. The number of fused-ring (bicyclic) bond motifs is 1. The van der Waals surface area contributed by atoms with Crippen LogP contribution in [0.5, 0.6) is 0 Å². The SMILES string of the molecule is CC1CCC(N)(C2CC(C)(C)OC2(C)C)c2ccccc21. The Kier molecular flexibility index (Phi) is 3.27. The van der Waals surface area contributed by atoms with Crippen molar-refractivity contribution in [2.75, 3.05) is 0 Å². The number of ether oxygens (including phenoxy) is 1. The summed E-state index contributed by atoms with van der Waals surface area (Å²) in [4.78, 5) is 0. The molecule has 2 nitrogen and oxygen atoms in total. The summed E-state index contributed by atoms with van der Waals surface area (Å²) in [6.07, 6.45) is 3.25. The van der Waals surface area contributed by atoms with Crippen LogP contribution < -0.4 is 5.73 Å². The van der Waals surface area contributed by atoms with Gasteiger partial charge < -0.3 is 10.5 Å². The second kappa shape index (κ2) is 4.57. The van der Waals surface area contributed by atoms with Crippen molar-refractivity contribution in [3.63, 3.8) is 0 Å². The lowest BCUT2D eigenvalue weighted by molar-refractivity contribution is -0.0835. The minimum absolute atomic E-state index is 0.0848. The van der Waals surface area contributed by atoms with Crippen LogP contribution >= 0.6 is 0 Å². The van der Waals surface area contributed by atoms with E-state index in [1.807, 2.05) is 0 Å². The highest BCUT2D eigenvalue weighted by atomic mass is 16.5. The summed E-state index contributed by atoms with van der Waals surface area (Å²) in [7, 11) is 0. The van der Waals surface area contributed by atoms with Gasteiger partial charge in [-0.3, -0.25) is 0 Å². The molecule has 0 saturated carbocycles. The maximum Gasteiger partial charge on any atom is 0.0683 e. The second-order valence-corrected chi connectivity index (χ2v) is 8.29. The molecule has 21 heavy (non-hydrogen) atoms. The average molecular weight is 287 g/mol. The maximum atomic E-state index is 7.05. The van der Waals surface area contributed by atoms with Gasteiger partial charge in [0.1, 0.15) is 0 Å². The van der Waals surface area contributed by atoms with E-state index in [2.05, 4.69) is 58.9 Å². The molecule has 1 fully saturated rings. The van der Waals surface area contributed by atoms with Crippen molar-refractivity contribution in [2.45, 2.75) is 76.5 Å². The Morgan fingerprint density at radius 2 is 1.81 bits per heavy atom. The number of benzene rings is 1. The van der Waals surface area contributed by atoms with E-state index in [1.165, 1.54) is 17.5 Å². The van der Waals surface area contributed by atoms with Gasteiger partial charge in [0, 0.05) is 11.5 Å². The van der Waals surface area contributed by atoms with Crippen molar-refractivity contribution in [1.29, 1.82) is 0 Å². The molecule has 1 heterocycles. The van der Waals surface area contributed by atoms with Crippen LogP contribution in [0.15, 0.2) is 24.3 Å². The third kappa shape index (κ3) is 2.33. The van der Waals surface area contributed by atoms with E-state index >= 15 is 0 Å². The summed E-state index contributed by atoms with van der Waals surface area (Å²) in [6, 6.07) is 8.77. The lowest BCUT2D eigenvalue weighted by atomic mass is 9.62. The molecule has 1 aliphatic heterocycles. The molecular weight excluding hydrogens is 258 g/mol. The summed E-state index contributed by atoms with van der Waals surface area (Å²) in [5.41, 5.74) is 9.32. The lowest BCUT2D eigenvalue weighted by Gasteiger charge is -2.46. The zero-order chi connectivity index (χ0) is 15.5. The molecule has 1 aromatic carbocycles. The first kappa shape index (κ1) is 15.1.